The van der Waals surface area contributed by atoms with Gasteiger partial charge in [-0.1, -0.05) is 0 Å². The molecule has 3 heterocycles. The van der Waals surface area contributed by atoms with Crippen molar-refractivity contribution in [2.24, 2.45) is 5.92 Å². The summed E-state index contributed by atoms with van der Waals surface area (Å²) in [7, 11) is 0. The van der Waals surface area contributed by atoms with E-state index >= 15 is 0 Å². The molecule has 0 radical (unpaired) electrons. The number of amides is 1. The first-order valence-electron chi connectivity index (χ1n) is 8.16. The lowest BCUT2D eigenvalue weighted by atomic mass is 10.2. The highest BCUT2D eigenvalue weighted by molar-refractivity contribution is 5.95. The Morgan fingerprint density at radius 2 is 2.26 bits per heavy atom. The standard InChI is InChI=1S/C17H21N3O3/c1-12-16(5-7-22-12)17(21)19-8-14-4-6-18-20(14)10-15(9-19)23-11-13-2-3-13/h4-7,13,15H,2-3,8-11H2,1H3/t15-/m1/s1. The Morgan fingerprint density at radius 3 is 3.00 bits per heavy atom. The number of hydrogen-bond donors (Lipinski definition) is 0. The third-order valence-electron chi connectivity index (χ3n) is 4.60. The van der Waals surface area contributed by atoms with Crippen molar-refractivity contribution in [1.29, 1.82) is 0 Å². The van der Waals surface area contributed by atoms with E-state index in [0.717, 1.165) is 12.3 Å². The van der Waals surface area contributed by atoms with E-state index in [0.29, 0.717) is 36.9 Å². The van der Waals surface area contributed by atoms with Gasteiger partial charge < -0.3 is 14.1 Å². The van der Waals surface area contributed by atoms with Crippen molar-refractivity contribution in [2.75, 3.05) is 13.2 Å². The fraction of sp³-hybridized carbons (Fsp3) is 0.529. The summed E-state index contributed by atoms with van der Waals surface area (Å²) in [5.74, 6) is 1.35. The van der Waals surface area contributed by atoms with Crippen molar-refractivity contribution < 1.29 is 13.9 Å². The quantitative estimate of drug-likeness (QED) is 0.868. The SMILES string of the molecule is Cc1occc1C(=O)N1Cc2ccnn2C[C@H](OCC2CC2)C1. The fourth-order valence-electron chi connectivity index (χ4n) is 3.01. The molecule has 4 rings (SSSR count). The molecule has 1 amide bonds. The Hall–Kier alpha value is -2.08. The van der Waals surface area contributed by atoms with Gasteiger partial charge in [0.15, 0.2) is 0 Å². The van der Waals surface area contributed by atoms with E-state index in [1.165, 1.54) is 12.8 Å². The summed E-state index contributed by atoms with van der Waals surface area (Å²) in [6, 6.07) is 3.70. The molecular weight excluding hydrogens is 294 g/mol. The Morgan fingerprint density at radius 1 is 1.39 bits per heavy atom. The largest absolute Gasteiger partial charge is 0.469 e. The zero-order valence-corrected chi connectivity index (χ0v) is 13.3. The van der Waals surface area contributed by atoms with E-state index in [4.69, 9.17) is 9.15 Å². The van der Waals surface area contributed by atoms with Crippen LogP contribution >= 0.6 is 0 Å². The minimum absolute atomic E-state index is 0.00841. The van der Waals surface area contributed by atoms with Crippen LogP contribution in [0.15, 0.2) is 29.0 Å². The molecule has 0 aromatic carbocycles. The number of rotatable bonds is 4. The fourth-order valence-corrected chi connectivity index (χ4v) is 3.01. The van der Waals surface area contributed by atoms with Gasteiger partial charge in [-0.05, 0) is 37.8 Å². The molecule has 1 aliphatic heterocycles. The number of carbonyl (C=O) groups excluding carboxylic acids is 1. The van der Waals surface area contributed by atoms with Gasteiger partial charge in [-0.2, -0.15) is 5.10 Å². The van der Waals surface area contributed by atoms with Crippen LogP contribution in [0.1, 0.15) is 34.7 Å². The van der Waals surface area contributed by atoms with Crippen molar-refractivity contribution in [2.45, 2.75) is 39.0 Å². The second-order valence-corrected chi connectivity index (χ2v) is 6.48. The summed E-state index contributed by atoms with van der Waals surface area (Å²) >= 11 is 0. The van der Waals surface area contributed by atoms with Crippen LogP contribution in [0, 0.1) is 12.8 Å². The van der Waals surface area contributed by atoms with Gasteiger partial charge in [-0.25, -0.2) is 0 Å². The predicted octanol–water partition coefficient (Wildman–Crippen LogP) is 2.24. The van der Waals surface area contributed by atoms with E-state index in [2.05, 4.69) is 5.10 Å². The maximum atomic E-state index is 12.8. The Balaban J connectivity index is 1.55. The lowest BCUT2D eigenvalue weighted by Crippen LogP contribution is -2.37. The van der Waals surface area contributed by atoms with Crippen LogP contribution in [0.5, 0.6) is 0 Å². The Labute approximate surface area is 135 Å². The van der Waals surface area contributed by atoms with Crippen LogP contribution in [0.3, 0.4) is 0 Å². The molecule has 1 fully saturated rings. The molecule has 0 N–H and O–H groups in total. The van der Waals surface area contributed by atoms with E-state index in [-0.39, 0.29) is 12.0 Å². The van der Waals surface area contributed by atoms with Gasteiger partial charge in [0.25, 0.3) is 5.91 Å². The zero-order chi connectivity index (χ0) is 15.8. The zero-order valence-electron chi connectivity index (χ0n) is 13.3. The lowest BCUT2D eigenvalue weighted by molar-refractivity contribution is 0.0136. The molecule has 1 atom stereocenters. The average molecular weight is 315 g/mol. The van der Waals surface area contributed by atoms with Gasteiger partial charge in [0.05, 0.1) is 36.7 Å². The highest BCUT2D eigenvalue weighted by Gasteiger charge is 2.30. The highest BCUT2D eigenvalue weighted by atomic mass is 16.5. The van der Waals surface area contributed by atoms with Gasteiger partial charge in [0.1, 0.15) is 5.76 Å². The molecule has 23 heavy (non-hydrogen) atoms. The van der Waals surface area contributed by atoms with Gasteiger partial charge in [-0.15, -0.1) is 0 Å². The first-order chi connectivity index (χ1) is 11.2. The van der Waals surface area contributed by atoms with Crippen LogP contribution in [0.4, 0.5) is 0 Å². The summed E-state index contributed by atoms with van der Waals surface area (Å²) in [6.45, 7) is 4.43. The monoisotopic (exact) mass is 315 g/mol. The highest BCUT2D eigenvalue weighted by Crippen LogP contribution is 2.29. The van der Waals surface area contributed by atoms with Crippen LogP contribution < -0.4 is 0 Å². The molecule has 1 saturated carbocycles. The van der Waals surface area contributed by atoms with Crippen molar-refractivity contribution in [3.63, 3.8) is 0 Å². The average Bonchev–Trinajstić information content (AvgIpc) is 3.18. The Kier molecular flexibility index (Phi) is 3.69. The van der Waals surface area contributed by atoms with E-state index in [1.807, 2.05) is 22.6 Å². The van der Waals surface area contributed by atoms with Crippen LogP contribution in [0.25, 0.3) is 0 Å². The Bertz CT molecular complexity index is 702. The number of carbonyl (C=O) groups is 1. The van der Waals surface area contributed by atoms with Crippen molar-refractivity contribution in [1.82, 2.24) is 14.7 Å². The van der Waals surface area contributed by atoms with E-state index in [1.54, 1.807) is 18.5 Å². The summed E-state index contributed by atoms with van der Waals surface area (Å²) in [5.41, 5.74) is 1.66. The van der Waals surface area contributed by atoms with E-state index < -0.39 is 0 Å². The summed E-state index contributed by atoms with van der Waals surface area (Å²) < 4.78 is 13.3. The normalized spacial score (nSPS) is 21.1. The molecule has 2 aliphatic rings. The maximum Gasteiger partial charge on any atom is 0.257 e. The van der Waals surface area contributed by atoms with Gasteiger partial charge in [0.2, 0.25) is 0 Å². The molecule has 0 spiro atoms. The van der Waals surface area contributed by atoms with Crippen LogP contribution in [-0.4, -0.2) is 39.8 Å². The lowest BCUT2D eigenvalue weighted by Gasteiger charge is -2.24. The number of ether oxygens (including phenoxy) is 1. The van der Waals surface area contributed by atoms with Crippen molar-refractivity contribution >= 4 is 5.91 Å². The number of hydrogen-bond acceptors (Lipinski definition) is 4. The molecular formula is C17H21N3O3. The minimum atomic E-state index is -0.0205. The number of nitrogens with zero attached hydrogens (tertiary/aromatic N) is 3. The van der Waals surface area contributed by atoms with Crippen molar-refractivity contribution in [3.05, 3.63) is 41.6 Å². The second-order valence-electron chi connectivity index (χ2n) is 6.48. The number of fused-ring (bicyclic) bond motifs is 1. The van der Waals surface area contributed by atoms with Crippen LogP contribution in [0.2, 0.25) is 0 Å². The number of furan rings is 1. The number of aryl methyl sites for hydroxylation is 1. The molecule has 1 aliphatic carbocycles. The first-order valence-corrected chi connectivity index (χ1v) is 8.16. The maximum absolute atomic E-state index is 12.8. The summed E-state index contributed by atoms with van der Waals surface area (Å²) in [5, 5.41) is 4.36. The molecule has 2 aromatic heterocycles. The van der Waals surface area contributed by atoms with E-state index in [9.17, 15) is 4.79 Å². The molecule has 122 valence electrons. The molecule has 6 heteroatoms. The van der Waals surface area contributed by atoms with Crippen molar-refractivity contribution in [3.8, 4) is 0 Å². The molecule has 0 saturated heterocycles. The molecule has 2 aromatic rings. The molecule has 0 unspecified atom stereocenters. The van der Waals surface area contributed by atoms with Gasteiger partial charge in [-0.3, -0.25) is 9.48 Å². The third kappa shape index (κ3) is 3.03. The predicted molar refractivity (Wildman–Crippen MR) is 82.9 cm³/mol. The van der Waals surface area contributed by atoms with Crippen LogP contribution in [-0.2, 0) is 17.8 Å². The second kappa shape index (κ2) is 5.85. The summed E-state index contributed by atoms with van der Waals surface area (Å²) in [6.07, 6.45) is 5.84. The molecule has 6 nitrogen and oxygen atoms in total. The van der Waals surface area contributed by atoms with Gasteiger partial charge in [0, 0.05) is 19.3 Å². The van der Waals surface area contributed by atoms with Gasteiger partial charge >= 0.3 is 0 Å². The third-order valence-corrected chi connectivity index (χ3v) is 4.60. The first kappa shape index (κ1) is 14.5. The molecule has 0 bridgehead atoms. The minimum Gasteiger partial charge on any atom is -0.469 e. The smallest absolute Gasteiger partial charge is 0.257 e. The number of aromatic nitrogens is 2. The topological polar surface area (TPSA) is 60.5 Å². The summed E-state index contributed by atoms with van der Waals surface area (Å²) in [4.78, 5) is 14.7.